The van der Waals surface area contributed by atoms with Gasteiger partial charge < -0.3 is 10.4 Å². The zero-order chi connectivity index (χ0) is 14.5. The summed E-state index contributed by atoms with van der Waals surface area (Å²) in [6, 6.07) is 7.36. The first-order chi connectivity index (χ1) is 9.58. The molecule has 108 valence electrons. The largest absolute Gasteiger partial charge is 0.481 e. The Morgan fingerprint density at radius 1 is 1.25 bits per heavy atom. The molecule has 0 aromatic heterocycles. The molecule has 2 atom stereocenters. The third kappa shape index (κ3) is 3.73. The molecule has 0 unspecified atom stereocenters. The topological polar surface area (TPSA) is 66.4 Å². The Balaban J connectivity index is 1.89. The highest BCUT2D eigenvalue weighted by atomic mass is 35.5. The van der Waals surface area contributed by atoms with Gasteiger partial charge >= 0.3 is 5.97 Å². The molecule has 1 fully saturated rings. The van der Waals surface area contributed by atoms with E-state index >= 15 is 0 Å². The van der Waals surface area contributed by atoms with E-state index in [1.807, 2.05) is 18.2 Å². The molecule has 1 aliphatic rings. The van der Waals surface area contributed by atoms with Crippen molar-refractivity contribution in [1.29, 1.82) is 0 Å². The number of nitrogens with one attached hydrogen (secondary N) is 1. The molecule has 2 N–H and O–H groups in total. The summed E-state index contributed by atoms with van der Waals surface area (Å²) in [4.78, 5) is 23.1. The van der Waals surface area contributed by atoms with Gasteiger partial charge in [-0.15, -0.1) is 0 Å². The van der Waals surface area contributed by atoms with Crippen LogP contribution in [-0.2, 0) is 16.1 Å². The fourth-order valence-corrected chi connectivity index (χ4v) is 2.82. The number of benzene rings is 1. The van der Waals surface area contributed by atoms with E-state index in [2.05, 4.69) is 5.32 Å². The summed E-state index contributed by atoms with van der Waals surface area (Å²) in [6.07, 6.45) is 2.66. The lowest BCUT2D eigenvalue weighted by molar-refractivity contribution is -0.144. The Kier molecular flexibility index (Phi) is 5.01. The molecule has 1 amide bonds. The van der Waals surface area contributed by atoms with Crippen LogP contribution in [-0.4, -0.2) is 17.0 Å². The van der Waals surface area contributed by atoms with Gasteiger partial charge in [0.05, 0.1) is 5.92 Å². The van der Waals surface area contributed by atoms with Crippen molar-refractivity contribution in [3.8, 4) is 0 Å². The first kappa shape index (κ1) is 14.9. The van der Waals surface area contributed by atoms with Crippen LogP contribution in [0.15, 0.2) is 24.3 Å². The summed E-state index contributed by atoms with van der Waals surface area (Å²) in [7, 11) is 0. The van der Waals surface area contributed by atoms with Crippen molar-refractivity contribution < 1.29 is 14.7 Å². The van der Waals surface area contributed by atoms with Gasteiger partial charge in [0, 0.05) is 17.5 Å². The zero-order valence-electron chi connectivity index (χ0n) is 11.1. The number of halogens is 1. The van der Waals surface area contributed by atoms with Crippen LogP contribution in [0.1, 0.15) is 31.2 Å². The molecule has 20 heavy (non-hydrogen) atoms. The van der Waals surface area contributed by atoms with Gasteiger partial charge in [-0.1, -0.05) is 36.2 Å². The molecule has 0 aliphatic heterocycles. The van der Waals surface area contributed by atoms with Crippen molar-refractivity contribution in [3.63, 3.8) is 0 Å². The minimum absolute atomic E-state index is 0.0733. The maximum atomic E-state index is 12.1. The Bertz CT molecular complexity index is 504. The highest BCUT2D eigenvalue weighted by Gasteiger charge is 2.30. The van der Waals surface area contributed by atoms with Gasteiger partial charge in [-0.25, -0.2) is 0 Å². The first-order valence-electron chi connectivity index (χ1n) is 6.82. The molecule has 1 saturated carbocycles. The van der Waals surface area contributed by atoms with Crippen LogP contribution >= 0.6 is 11.6 Å². The SMILES string of the molecule is O=C(O)[C@@H]1CCC[C@H](C(=O)NCc2ccccc2Cl)C1. The number of amides is 1. The number of aliphatic carboxylic acids is 1. The molecular weight excluding hydrogens is 278 g/mol. The summed E-state index contributed by atoms with van der Waals surface area (Å²) in [5.41, 5.74) is 0.869. The lowest BCUT2D eigenvalue weighted by Gasteiger charge is -2.25. The summed E-state index contributed by atoms with van der Waals surface area (Å²) in [5, 5.41) is 12.5. The van der Waals surface area contributed by atoms with Gasteiger partial charge in [0.2, 0.25) is 5.91 Å². The van der Waals surface area contributed by atoms with Crippen LogP contribution in [0.25, 0.3) is 0 Å². The van der Waals surface area contributed by atoms with E-state index in [4.69, 9.17) is 16.7 Å². The number of hydrogen-bond donors (Lipinski definition) is 2. The molecule has 1 aliphatic carbocycles. The molecule has 1 aromatic carbocycles. The monoisotopic (exact) mass is 295 g/mol. The molecule has 0 bridgehead atoms. The number of hydrogen-bond acceptors (Lipinski definition) is 2. The highest BCUT2D eigenvalue weighted by Crippen LogP contribution is 2.29. The predicted octanol–water partition coefficient (Wildman–Crippen LogP) is 2.85. The van der Waals surface area contributed by atoms with Crippen LogP contribution in [0, 0.1) is 11.8 Å². The quantitative estimate of drug-likeness (QED) is 0.897. The average Bonchev–Trinajstić information content (AvgIpc) is 2.46. The number of carbonyl (C=O) groups excluding carboxylic acids is 1. The number of rotatable bonds is 4. The zero-order valence-corrected chi connectivity index (χ0v) is 11.9. The second-order valence-electron chi connectivity index (χ2n) is 5.21. The van der Waals surface area contributed by atoms with Crippen molar-refractivity contribution in [3.05, 3.63) is 34.9 Å². The van der Waals surface area contributed by atoms with Crippen LogP contribution < -0.4 is 5.32 Å². The molecular formula is C15H18ClNO3. The molecule has 4 nitrogen and oxygen atoms in total. The standard InChI is InChI=1S/C15H18ClNO3/c16-13-7-2-1-4-12(13)9-17-14(18)10-5-3-6-11(8-10)15(19)20/h1-2,4,7,10-11H,3,5-6,8-9H2,(H,17,18)(H,19,20)/t10-,11+/m0/s1. The summed E-state index contributed by atoms with van der Waals surface area (Å²) in [6.45, 7) is 0.382. The Hall–Kier alpha value is -1.55. The fourth-order valence-electron chi connectivity index (χ4n) is 2.62. The number of carboxylic acid groups (broad SMARTS) is 1. The van der Waals surface area contributed by atoms with Crippen molar-refractivity contribution in [1.82, 2.24) is 5.32 Å². The van der Waals surface area contributed by atoms with Crippen LogP contribution in [0.2, 0.25) is 5.02 Å². The lowest BCUT2D eigenvalue weighted by atomic mass is 9.81. The van der Waals surface area contributed by atoms with Crippen LogP contribution in [0.5, 0.6) is 0 Å². The van der Waals surface area contributed by atoms with Gasteiger partial charge in [0.25, 0.3) is 0 Å². The van der Waals surface area contributed by atoms with Gasteiger partial charge in [-0.2, -0.15) is 0 Å². The number of carboxylic acids is 1. The molecule has 5 heteroatoms. The van der Waals surface area contributed by atoms with Crippen LogP contribution in [0.3, 0.4) is 0 Å². The Morgan fingerprint density at radius 3 is 2.65 bits per heavy atom. The molecule has 0 radical (unpaired) electrons. The first-order valence-corrected chi connectivity index (χ1v) is 7.19. The van der Waals surface area contributed by atoms with E-state index in [-0.39, 0.29) is 17.7 Å². The fraction of sp³-hybridized carbons (Fsp3) is 0.467. The van der Waals surface area contributed by atoms with Gasteiger partial charge in [-0.05, 0) is 30.9 Å². The van der Waals surface area contributed by atoms with Gasteiger partial charge in [-0.3, -0.25) is 9.59 Å². The predicted molar refractivity (Wildman–Crippen MR) is 76.4 cm³/mol. The Morgan fingerprint density at radius 2 is 1.95 bits per heavy atom. The van der Waals surface area contributed by atoms with Crippen molar-refractivity contribution in [2.24, 2.45) is 11.8 Å². The number of carbonyl (C=O) groups is 2. The summed E-state index contributed by atoms with van der Waals surface area (Å²) >= 11 is 6.03. The summed E-state index contributed by atoms with van der Waals surface area (Å²) < 4.78 is 0. The molecule has 0 heterocycles. The molecule has 0 saturated heterocycles. The molecule has 2 rings (SSSR count). The van der Waals surface area contributed by atoms with E-state index in [1.165, 1.54) is 0 Å². The van der Waals surface area contributed by atoms with E-state index in [0.29, 0.717) is 24.4 Å². The molecule has 1 aromatic rings. The van der Waals surface area contributed by atoms with Crippen molar-refractivity contribution in [2.45, 2.75) is 32.2 Å². The van der Waals surface area contributed by atoms with E-state index in [9.17, 15) is 9.59 Å². The lowest BCUT2D eigenvalue weighted by Crippen LogP contribution is -2.35. The average molecular weight is 296 g/mol. The van der Waals surface area contributed by atoms with Gasteiger partial charge in [0.15, 0.2) is 0 Å². The smallest absolute Gasteiger partial charge is 0.306 e. The highest BCUT2D eigenvalue weighted by molar-refractivity contribution is 6.31. The maximum absolute atomic E-state index is 12.1. The molecule has 0 spiro atoms. The maximum Gasteiger partial charge on any atom is 0.306 e. The minimum atomic E-state index is -0.798. The van der Waals surface area contributed by atoms with E-state index in [0.717, 1.165) is 18.4 Å². The minimum Gasteiger partial charge on any atom is -0.481 e. The third-order valence-corrected chi connectivity index (χ3v) is 4.17. The summed E-state index contributed by atoms with van der Waals surface area (Å²) in [5.74, 6) is -1.46. The van der Waals surface area contributed by atoms with Crippen molar-refractivity contribution >= 4 is 23.5 Å². The van der Waals surface area contributed by atoms with Crippen molar-refractivity contribution in [2.75, 3.05) is 0 Å². The normalized spacial score (nSPS) is 22.2. The van der Waals surface area contributed by atoms with E-state index < -0.39 is 5.97 Å². The third-order valence-electron chi connectivity index (χ3n) is 3.81. The second-order valence-corrected chi connectivity index (χ2v) is 5.62. The van der Waals surface area contributed by atoms with E-state index in [1.54, 1.807) is 6.07 Å². The van der Waals surface area contributed by atoms with Crippen LogP contribution in [0.4, 0.5) is 0 Å². The van der Waals surface area contributed by atoms with Gasteiger partial charge in [0.1, 0.15) is 0 Å². The Labute approximate surface area is 123 Å². The second kappa shape index (κ2) is 6.75.